The summed E-state index contributed by atoms with van der Waals surface area (Å²) in [5.41, 5.74) is 2.58. The second-order valence-electron chi connectivity index (χ2n) is 7.31. The normalized spacial score (nSPS) is 14.1. The molecule has 5 rings (SSSR count). The first-order valence-corrected chi connectivity index (χ1v) is 10.0. The monoisotopic (exact) mass is 429 g/mol. The fourth-order valence-electron chi connectivity index (χ4n) is 3.92. The van der Waals surface area contributed by atoms with E-state index < -0.39 is 17.8 Å². The highest BCUT2D eigenvalue weighted by Gasteiger charge is 2.28. The molecule has 0 saturated carbocycles. The van der Waals surface area contributed by atoms with Gasteiger partial charge in [0.05, 0.1) is 0 Å². The molecule has 6 nitrogen and oxygen atoms in total. The lowest BCUT2D eigenvalue weighted by atomic mass is 10.0. The summed E-state index contributed by atoms with van der Waals surface area (Å²) in [5.74, 6) is -1.46. The average Bonchev–Trinajstić information content (AvgIpc) is 3.07. The lowest BCUT2D eigenvalue weighted by Gasteiger charge is -2.13. The SMILES string of the molecule is O=C1NC(=O)C(=Cc2cn(Cc3cccc4ccccc34)c3ccc(Cl)cc23)C(=O)N1. The molecule has 152 valence electrons. The number of aromatic nitrogens is 1. The van der Waals surface area contributed by atoms with Gasteiger partial charge in [0.25, 0.3) is 11.8 Å². The summed E-state index contributed by atoms with van der Waals surface area (Å²) in [5, 5.41) is 7.85. The predicted molar refractivity (Wildman–Crippen MR) is 120 cm³/mol. The molecule has 31 heavy (non-hydrogen) atoms. The molecule has 1 fully saturated rings. The number of benzene rings is 3. The van der Waals surface area contributed by atoms with Crippen molar-refractivity contribution in [3.8, 4) is 0 Å². The van der Waals surface area contributed by atoms with Crippen LogP contribution in [0.4, 0.5) is 4.79 Å². The Morgan fingerprint density at radius 3 is 2.42 bits per heavy atom. The lowest BCUT2D eigenvalue weighted by Crippen LogP contribution is -2.51. The van der Waals surface area contributed by atoms with Crippen LogP contribution in [-0.4, -0.2) is 22.4 Å². The highest BCUT2D eigenvalue weighted by Crippen LogP contribution is 2.29. The van der Waals surface area contributed by atoms with Gasteiger partial charge in [0.1, 0.15) is 5.57 Å². The van der Waals surface area contributed by atoms with Crippen LogP contribution in [0.3, 0.4) is 0 Å². The van der Waals surface area contributed by atoms with E-state index in [1.807, 2.05) is 30.5 Å². The number of hydrogen-bond acceptors (Lipinski definition) is 3. The van der Waals surface area contributed by atoms with Crippen molar-refractivity contribution in [1.29, 1.82) is 0 Å². The van der Waals surface area contributed by atoms with Gasteiger partial charge in [-0.15, -0.1) is 0 Å². The molecule has 1 aliphatic heterocycles. The number of imide groups is 2. The maximum Gasteiger partial charge on any atom is 0.328 e. The smallest absolute Gasteiger partial charge is 0.328 e. The van der Waals surface area contributed by atoms with Crippen LogP contribution in [0.2, 0.25) is 5.02 Å². The van der Waals surface area contributed by atoms with Gasteiger partial charge in [0.15, 0.2) is 0 Å². The predicted octanol–water partition coefficient (Wildman–Crippen LogP) is 4.25. The van der Waals surface area contributed by atoms with Crippen LogP contribution < -0.4 is 10.6 Å². The molecule has 7 heteroatoms. The van der Waals surface area contributed by atoms with Crippen molar-refractivity contribution in [2.45, 2.75) is 6.54 Å². The maximum absolute atomic E-state index is 12.2. The minimum Gasteiger partial charge on any atom is -0.342 e. The molecule has 3 aromatic carbocycles. The van der Waals surface area contributed by atoms with Crippen LogP contribution in [-0.2, 0) is 16.1 Å². The van der Waals surface area contributed by atoms with Gasteiger partial charge < -0.3 is 4.57 Å². The van der Waals surface area contributed by atoms with Crippen LogP contribution in [0.5, 0.6) is 0 Å². The molecule has 0 atom stereocenters. The number of halogens is 1. The van der Waals surface area contributed by atoms with E-state index >= 15 is 0 Å². The van der Waals surface area contributed by atoms with Crippen LogP contribution in [0.1, 0.15) is 11.1 Å². The highest BCUT2D eigenvalue weighted by atomic mass is 35.5. The Kier molecular flexibility index (Phi) is 4.56. The first-order valence-electron chi connectivity index (χ1n) is 9.63. The number of barbiturate groups is 1. The van der Waals surface area contributed by atoms with E-state index in [0.29, 0.717) is 17.1 Å². The molecule has 1 aliphatic rings. The summed E-state index contributed by atoms with van der Waals surface area (Å²) in [4.78, 5) is 35.7. The highest BCUT2D eigenvalue weighted by molar-refractivity contribution is 6.32. The number of nitrogens with one attached hydrogen (secondary N) is 2. The van der Waals surface area contributed by atoms with E-state index in [0.717, 1.165) is 27.2 Å². The molecular weight excluding hydrogens is 414 g/mol. The summed E-state index contributed by atoms with van der Waals surface area (Å²) < 4.78 is 2.06. The van der Waals surface area contributed by atoms with Crippen molar-refractivity contribution < 1.29 is 14.4 Å². The molecule has 2 N–H and O–H groups in total. The number of carbonyl (C=O) groups is 3. The van der Waals surface area contributed by atoms with Crippen LogP contribution in [0.25, 0.3) is 27.8 Å². The van der Waals surface area contributed by atoms with E-state index in [1.54, 1.807) is 12.1 Å². The third kappa shape index (κ3) is 3.47. The van der Waals surface area contributed by atoms with Crippen molar-refractivity contribution in [2.24, 2.45) is 0 Å². The van der Waals surface area contributed by atoms with E-state index in [-0.39, 0.29) is 5.57 Å². The van der Waals surface area contributed by atoms with Crippen LogP contribution in [0.15, 0.2) is 72.4 Å². The fourth-order valence-corrected chi connectivity index (χ4v) is 4.09. The van der Waals surface area contributed by atoms with Crippen molar-refractivity contribution >= 4 is 57.2 Å². The summed E-state index contributed by atoms with van der Waals surface area (Å²) in [7, 11) is 0. The van der Waals surface area contributed by atoms with Gasteiger partial charge in [-0.1, -0.05) is 54.1 Å². The van der Waals surface area contributed by atoms with Crippen LogP contribution in [0, 0.1) is 0 Å². The standard InChI is InChI=1S/C24H16ClN3O3/c25-17-8-9-21-19(11-17)16(10-20-22(29)26-24(31)27-23(20)30)13-28(21)12-15-6-3-5-14-4-1-2-7-18(14)15/h1-11,13H,12H2,(H2,26,27,29,30,31). The molecule has 4 amide bonds. The third-order valence-corrected chi connectivity index (χ3v) is 5.57. The minimum atomic E-state index is -0.825. The molecule has 0 aliphatic carbocycles. The molecular formula is C24H16ClN3O3. The van der Waals surface area contributed by atoms with Gasteiger partial charge in [0, 0.05) is 34.2 Å². The van der Waals surface area contributed by atoms with Gasteiger partial charge in [0.2, 0.25) is 0 Å². The van der Waals surface area contributed by atoms with Gasteiger partial charge in [-0.3, -0.25) is 20.2 Å². The molecule has 0 unspecified atom stereocenters. The van der Waals surface area contributed by atoms with E-state index in [2.05, 4.69) is 39.5 Å². The van der Waals surface area contributed by atoms with Crippen LogP contribution >= 0.6 is 11.6 Å². The second-order valence-corrected chi connectivity index (χ2v) is 7.74. The zero-order valence-corrected chi connectivity index (χ0v) is 16.9. The van der Waals surface area contributed by atoms with Crippen molar-refractivity contribution in [3.63, 3.8) is 0 Å². The van der Waals surface area contributed by atoms with Gasteiger partial charge in [-0.05, 0) is 40.6 Å². The van der Waals surface area contributed by atoms with Gasteiger partial charge in [-0.2, -0.15) is 0 Å². The van der Waals surface area contributed by atoms with E-state index in [4.69, 9.17) is 11.6 Å². The number of rotatable bonds is 3. The Morgan fingerprint density at radius 1 is 0.871 bits per heavy atom. The Hall–Kier alpha value is -3.90. The quantitative estimate of drug-likeness (QED) is 0.377. The number of carbonyl (C=O) groups excluding carboxylic acids is 3. The topological polar surface area (TPSA) is 80.2 Å². The van der Waals surface area contributed by atoms with Gasteiger partial charge >= 0.3 is 6.03 Å². The van der Waals surface area contributed by atoms with E-state index in [1.165, 1.54) is 6.08 Å². The zero-order valence-electron chi connectivity index (χ0n) is 16.2. The minimum absolute atomic E-state index is 0.135. The molecule has 0 bridgehead atoms. The Morgan fingerprint density at radius 2 is 1.61 bits per heavy atom. The summed E-state index contributed by atoms with van der Waals surface area (Å²) in [6.07, 6.45) is 3.36. The summed E-state index contributed by atoms with van der Waals surface area (Å²) in [6.45, 7) is 0.597. The number of amides is 4. The van der Waals surface area contributed by atoms with Crippen molar-refractivity contribution in [2.75, 3.05) is 0 Å². The second kappa shape index (κ2) is 7.41. The molecule has 0 spiro atoms. The first kappa shape index (κ1) is 19.1. The lowest BCUT2D eigenvalue weighted by molar-refractivity contribution is -0.123. The number of fused-ring (bicyclic) bond motifs is 2. The Labute approximate surface area is 182 Å². The summed E-state index contributed by atoms with van der Waals surface area (Å²) in [6, 6.07) is 19.0. The molecule has 1 aromatic heterocycles. The fraction of sp³-hybridized carbons (Fsp3) is 0.0417. The first-order chi connectivity index (χ1) is 15.0. The Balaban J connectivity index is 1.64. The molecule has 1 saturated heterocycles. The summed E-state index contributed by atoms with van der Waals surface area (Å²) >= 11 is 6.22. The number of nitrogens with zero attached hydrogens (tertiary/aromatic N) is 1. The van der Waals surface area contributed by atoms with E-state index in [9.17, 15) is 14.4 Å². The van der Waals surface area contributed by atoms with Gasteiger partial charge in [-0.25, -0.2) is 4.79 Å². The zero-order chi connectivity index (χ0) is 21.5. The Bertz CT molecular complexity index is 1410. The average molecular weight is 430 g/mol. The number of urea groups is 1. The van der Waals surface area contributed by atoms with Crippen molar-refractivity contribution in [1.82, 2.24) is 15.2 Å². The molecule has 4 aromatic rings. The maximum atomic E-state index is 12.2. The molecule has 2 heterocycles. The van der Waals surface area contributed by atoms with Crippen molar-refractivity contribution in [3.05, 3.63) is 88.6 Å². The third-order valence-electron chi connectivity index (χ3n) is 5.34. The molecule has 0 radical (unpaired) electrons. The number of hydrogen-bond donors (Lipinski definition) is 2. The largest absolute Gasteiger partial charge is 0.342 e.